The molecule has 2 nitrogen and oxygen atoms in total. The van der Waals surface area contributed by atoms with Crippen molar-refractivity contribution in [1.29, 1.82) is 0 Å². The lowest BCUT2D eigenvalue weighted by atomic mass is 10.1. The van der Waals surface area contributed by atoms with E-state index in [1.807, 2.05) is 37.3 Å². The molecule has 1 aromatic rings. The first-order valence-electron chi connectivity index (χ1n) is 6.73. The van der Waals surface area contributed by atoms with Crippen LogP contribution >= 0.6 is 0 Å². The Kier molecular flexibility index (Phi) is 6.51. The van der Waals surface area contributed by atoms with Crippen LogP contribution in [0.3, 0.4) is 0 Å². The highest BCUT2D eigenvalue weighted by Gasteiger charge is 2.03. The summed E-state index contributed by atoms with van der Waals surface area (Å²) in [6.07, 6.45) is 8.50. The first kappa shape index (κ1) is 16.0. The van der Waals surface area contributed by atoms with Crippen molar-refractivity contribution in [1.82, 2.24) is 0 Å². The minimum absolute atomic E-state index is 0.0594. The smallest absolute Gasteiger partial charge is 0.159 e. The number of ether oxygens (including phenoxy) is 1. The number of ketones is 1. The van der Waals surface area contributed by atoms with Gasteiger partial charge in [-0.1, -0.05) is 36.5 Å². The van der Waals surface area contributed by atoms with Crippen molar-refractivity contribution in [2.24, 2.45) is 0 Å². The summed E-state index contributed by atoms with van der Waals surface area (Å²) >= 11 is 0. The summed E-state index contributed by atoms with van der Waals surface area (Å²) < 4.78 is 5.72. The largest absolute Gasteiger partial charge is 0.493 e. The van der Waals surface area contributed by atoms with Crippen LogP contribution in [-0.4, -0.2) is 12.4 Å². The quantitative estimate of drug-likeness (QED) is 0.532. The number of carbonyl (C=O) groups is 1. The number of hydrogen-bond acceptors (Lipinski definition) is 2. The van der Waals surface area contributed by atoms with Crippen molar-refractivity contribution in [2.45, 2.75) is 27.2 Å². The van der Waals surface area contributed by atoms with Crippen LogP contribution in [0, 0.1) is 6.92 Å². The Labute approximate surface area is 121 Å². The Hall–Kier alpha value is -2.09. The number of aryl methyl sites for hydroxylation is 1. The molecular formula is C18H22O2. The first-order chi connectivity index (χ1) is 9.52. The molecule has 0 aliphatic heterocycles. The van der Waals surface area contributed by atoms with Gasteiger partial charge in [0.25, 0.3) is 0 Å². The van der Waals surface area contributed by atoms with Gasteiger partial charge in [-0.2, -0.15) is 0 Å². The molecule has 0 heterocycles. The highest BCUT2D eigenvalue weighted by molar-refractivity contribution is 5.94. The van der Waals surface area contributed by atoms with Crippen LogP contribution in [0.5, 0.6) is 5.75 Å². The van der Waals surface area contributed by atoms with E-state index in [4.69, 9.17) is 4.74 Å². The van der Waals surface area contributed by atoms with Gasteiger partial charge in [0.05, 0.1) is 6.61 Å². The average Bonchev–Trinajstić information content (AvgIpc) is 2.38. The van der Waals surface area contributed by atoms with Crippen LogP contribution in [0.25, 0.3) is 0 Å². The molecule has 0 saturated carbocycles. The lowest BCUT2D eigenvalue weighted by Crippen LogP contribution is -2.00. The standard InChI is InChI=1S/C18H22O2/c1-5-6-7-8-14(2)9-10-20-18-12-15(3)11-17(13-18)16(4)19/h5-8,11-13H,1,9-10H2,2-4H3/b7-6-,14-8-. The molecule has 20 heavy (non-hydrogen) atoms. The van der Waals surface area contributed by atoms with E-state index < -0.39 is 0 Å². The molecule has 1 aromatic carbocycles. The monoisotopic (exact) mass is 270 g/mol. The molecule has 0 saturated heterocycles. The fourth-order valence-corrected chi connectivity index (χ4v) is 1.75. The summed E-state index contributed by atoms with van der Waals surface area (Å²) in [6.45, 7) is 9.82. The van der Waals surface area contributed by atoms with Gasteiger partial charge in [-0.3, -0.25) is 4.79 Å². The Morgan fingerprint density at radius 1 is 1.25 bits per heavy atom. The fraction of sp³-hybridized carbons (Fsp3) is 0.278. The van der Waals surface area contributed by atoms with Gasteiger partial charge in [-0.25, -0.2) is 0 Å². The number of allylic oxidation sites excluding steroid dienone is 4. The summed E-state index contributed by atoms with van der Waals surface area (Å²) in [7, 11) is 0. The third kappa shape index (κ3) is 5.70. The Bertz CT molecular complexity index is 536. The Morgan fingerprint density at radius 3 is 2.65 bits per heavy atom. The number of rotatable bonds is 7. The molecule has 106 valence electrons. The van der Waals surface area contributed by atoms with Crippen molar-refractivity contribution < 1.29 is 9.53 Å². The topological polar surface area (TPSA) is 26.3 Å². The molecule has 0 aliphatic carbocycles. The molecular weight excluding hydrogens is 248 g/mol. The molecule has 0 unspecified atom stereocenters. The SMILES string of the molecule is C=C/C=C\C=C(\C)CCOc1cc(C)cc(C(C)=O)c1. The zero-order valence-corrected chi connectivity index (χ0v) is 12.5. The van der Waals surface area contributed by atoms with Crippen molar-refractivity contribution >= 4 is 5.78 Å². The van der Waals surface area contributed by atoms with E-state index in [-0.39, 0.29) is 5.78 Å². The maximum atomic E-state index is 11.4. The number of benzene rings is 1. The number of hydrogen-bond donors (Lipinski definition) is 0. The van der Waals surface area contributed by atoms with Crippen LogP contribution in [0.1, 0.15) is 36.2 Å². The van der Waals surface area contributed by atoms with E-state index in [0.29, 0.717) is 12.2 Å². The Morgan fingerprint density at radius 2 is 2.00 bits per heavy atom. The second-order valence-corrected chi connectivity index (χ2v) is 4.82. The minimum Gasteiger partial charge on any atom is -0.493 e. The average molecular weight is 270 g/mol. The second-order valence-electron chi connectivity index (χ2n) is 4.82. The minimum atomic E-state index is 0.0594. The van der Waals surface area contributed by atoms with Gasteiger partial charge in [0, 0.05) is 12.0 Å². The van der Waals surface area contributed by atoms with Crippen molar-refractivity contribution in [3.63, 3.8) is 0 Å². The van der Waals surface area contributed by atoms with Gasteiger partial charge in [-0.15, -0.1) is 0 Å². The Balaban J connectivity index is 2.58. The highest BCUT2D eigenvalue weighted by Crippen LogP contribution is 2.18. The van der Waals surface area contributed by atoms with Gasteiger partial charge in [-0.05, 0) is 44.5 Å². The van der Waals surface area contributed by atoms with E-state index in [1.54, 1.807) is 19.1 Å². The molecule has 1 rings (SSSR count). The van der Waals surface area contributed by atoms with E-state index in [9.17, 15) is 4.79 Å². The van der Waals surface area contributed by atoms with Crippen LogP contribution in [-0.2, 0) is 0 Å². The highest BCUT2D eigenvalue weighted by atomic mass is 16.5. The van der Waals surface area contributed by atoms with Gasteiger partial charge < -0.3 is 4.74 Å². The molecule has 0 bridgehead atoms. The van der Waals surface area contributed by atoms with E-state index >= 15 is 0 Å². The van der Waals surface area contributed by atoms with Crippen LogP contribution in [0.4, 0.5) is 0 Å². The molecule has 0 atom stereocenters. The summed E-state index contributed by atoms with van der Waals surface area (Å²) in [5, 5.41) is 0. The van der Waals surface area contributed by atoms with Gasteiger partial charge in [0.1, 0.15) is 5.75 Å². The van der Waals surface area contributed by atoms with Crippen LogP contribution in [0.15, 0.2) is 54.7 Å². The molecule has 0 N–H and O–H groups in total. The maximum absolute atomic E-state index is 11.4. The zero-order valence-electron chi connectivity index (χ0n) is 12.5. The molecule has 0 amide bonds. The summed E-state index contributed by atoms with van der Waals surface area (Å²) in [6, 6.07) is 5.62. The molecule has 0 aromatic heterocycles. The number of carbonyl (C=O) groups excluding carboxylic acids is 1. The summed E-state index contributed by atoms with van der Waals surface area (Å²) in [5.41, 5.74) is 2.97. The predicted molar refractivity (Wildman–Crippen MR) is 84.4 cm³/mol. The molecule has 2 heteroatoms. The van der Waals surface area contributed by atoms with Gasteiger partial charge in [0.2, 0.25) is 0 Å². The fourth-order valence-electron chi connectivity index (χ4n) is 1.75. The third-order valence-corrected chi connectivity index (χ3v) is 2.85. The van der Waals surface area contributed by atoms with Crippen molar-refractivity contribution in [3.8, 4) is 5.75 Å². The van der Waals surface area contributed by atoms with E-state index in [1.165, 1.54) is 5.57 Å². The molecule has 0 fully saturated rings. The van der Waals surface area contributed by atoms with Gasteiger partial charge >= 0.3 is 0 Å². The molecule has 0 spiro atoms. The van der Waals surface area contributed by atoms with Crippen LogP contribution in [0.2, 0.25) is 0 Å². The zero-order chi connectivity index (χ0) is 15.0. The summed E-state index contributed by atoms with van der Waals surface area (Å²) in [5.74, 6) is 0.814. The predicted octanol–water partition coefficient (Wildman–Crippen LogP) is 4.66. The number of Topliss-reactive ketones (excluding diaryl/α,β-unsaturated/α-hetero) is 1. The maximum Gasteiger partial charge on any atom is 0.159 e. The second kappa shape index (κ2) is 8.16. The van der Waals surface area contributed by atoms with Gasteiger partial charge in [0.15, 0.2) is 5.78 Å². The molecule has 0 radical (unpaired) electrons. The van der Waals surface area contributed by atoms with Crippen LogP contribution < -0.4 is 4.74 Å². The third-order valence-electron chi connectivity index (χ3n) is 2.85. The lowest BCUT2D eigenvalue weighted by molar-refractivity contribution is 0.101. The lowest BCUT2D eigenvalue weighted by Gasteiger charge is -2.08. The van der Waals surface area contributed by atoms with Crippen molar-refractivity contribution in [3.05, 3.63) is 65.8 Å². The normalized spacial score (nSPS) is 11.7. The van der Waals surface area contributed by atoms with E-state index in [0.717, 1.165) is 17.7 Å². The van der Waals surface area contributed by atoms with Crippen molar-refractivity contribution in [2.75, 3.05) is 6.61 Å². The summed E-state index contributed by atoms with van der Waals surface area (Å²) in [4.78, 5) is 11.4. The van der Waals surface area contributed by atoms with E-state index in [2.05, 4.69) is 13.5 Å². The molecule has 0 aliphatic rings. The first-order valence-corrected chi connectivity index (χ1v) is 6.73.